The van der Waals surface area contributed by atoms with Crippen LogP contribution in [0.2, 0.25) is 0 Å². The van der Waals surface area contributed by atoms with Gasteiger partial charge in [-0.15, -0.1) is 0 Å². The molecule has 12 heteroatoms. The molecule has 0 radical (unpaired) electrons. The van der Waals surface area contributed by atoms with Crippen molar-refractivity contribution in [1.82, 2.24) is 19.9 Å². The van der Waals surface area contributed by atoms with Gasteiger partial charge in [0.2, 0.25) is 0 Å². The molecule has 6 aromatic carbocycles. The molecule has 4 heterocycles. The van der Waals surface area contributed by atoms with Crippen molar-refractivity contribution in [2.24, 2.45) is 0 Å². The molecule has 0 N–H and O–H groups in total. The number of pyridine rings is 4. The zero-order chi connectivity index (χ0) is 57.0. The van der Waals surface area contributed by atoms with Gasteiger partial charge >= 0.3 is 0 Å². The summed E-state index contributed by atoms with van der Waals surface area (Å²) in [7, 11) is -6.61. The Labute approximate surface area is 469 Å². The van der Waals surface area contributed by atoms with Crippen LogP contribution in [-0.2, 0) is 30.5 Å². The normalized spacial score (nSPS) is 12.3. The standard InChI is InChI=1S/2C34H29N3O2S/c2*1-23-10-15-32(37-21-23)30(25-11-13-29(14-12-25)40(4,38)39)18-24-7-5-8-26(17-24)31-20-28(34(2,3)22-35)19-27-9-6-16-36-33(27)31/h2*5-21H,1-4H3/b30-18+;30-18-. The molecule has 0 aliphatic rings. The molecule has 0 unspecified atom stereocenters. The smallest absolute Gasteiger partial charge is 0.175 e. The predicted octanol–water partition coefficient (Wildman–Crippen LogP) is 14.8. The average molecular weight is 1090 g/mol. The Bertz CT molecular complexity index is 4080. The molecule has 10 aromatic rings. The Hall–Kier alpha value is -9.20. The molecule has 396 valence electrons. The van der Waals surface area contributed by atoms with Crippen molar-refractivity contribution in [3.05, 3.63) is 251 Å². The van der Waals surface area contributed by atoms with Crippen LogP contribution in [0.3, 0.4) is 0 Å². The fraction of sp³-hybridized carbons (Fsp3) is 0.147. The highest BCUT2D eigenvalue weighted by Crippen LogP contribution is 2.37. The van der Waals surface area contributed by atoms with Crippen molar-refractivity contribution in [3.63, 3.8) is 0 Å². The minimum absolute atomic E-state index is 0.272. The lowest BCUT2D eigenvalue weighted by atomic mass is 9.83. The van der Waals surface area contributed by atoms with Crippen molar-refractivity contribution in [2.75, 3.05) is 12.5 Å². The van der Waals surface area contributed by atoms with Crippen LogP contribution in [0.15, 0.2) is 204 Å². The highest BCUT2D eigenvalue weighted by Gasteiger charge is 2.24. The fourth-order valence-corrected chi connectivity index (χ4v) is 10.5. The van der Waals surface area contributed by atoms with E-state index < -0.39 is 30.5 Å². The molecule has 10 nitrogen and oxygen atoms in total. The fourth-order valence-electron chi connectivity index (χ4n) is 9.23. The summed E-state index contributed by atoms with van der Waals surface area (Å²) in [5.74, 6) is 0. The van der Waals surface area contributed by atoms with Crippen LogP contribution in [0, 0.1) is 36.5 Å². The van der Waals surface area contributed by atoms with Crippen LogP contribution in [0.1, 0.15) is 83.6 Å². The molecular weight excluding hydrogens is 1030 g/mol. The molecule has 0 aliphatic carbocycles. The van der Waals surface area contributed by atoms with Gasteiger partial charge in [-0.1, -0.05) is 84.9 Å². The first-order valence-corrected chi connectivity index (χ1v) is 29.6. The number of fused-ring (bicyclic) bond motifs is 2. The Morgan fingerprint density at radius 2 is 0.850 bits per heavy atom. The highest BCUT2D eigenvalue weighted by atomic mass is 32.2. The predicted molar refractivity (Wildman–Crippen MR) is 323 cm³/mol. The highest BCUT2D eigenvalue weighted by molar-refractivity contribution is 7.91. The quantitative estimate of drug-likeness (QED) is 0.107. The van der Waals surface area contributed by atoms with Crippen molar-refractivity contribution < 1.29 is 16.8 Å². The van der Waals surface area contributed by atoms with Gasteiger partial charge < -0.3 is 0 Å². The van der Waals surface area contributed by atoms with E-state index in [1.54, 1.807) is 36.7 Å². The number of nitrogens with zero attached hydrogens (tertiary/aromatic N) is 6. The summed E-state index contributed by atoms with van der Waals surface area (Å²) in [4.78, 5) is 19.2. The lowest BCUT2D eigenvalue weighted by Crippen LogP contribution is -2.14. The number of aryl methyl sites for hydroxylation is 2. The number of nitriles is 2. The van der Waals surface area contributed by atoms with E-state index in [4.69, 9.17) is 0 Å². The minimum Gasteiger partial charge on any atom is -0.256 e. The molecule has 4 aromatic heterocycles. The molecular formula is C68H58N6O4S2. The number of aromatic nitrogens is 4. The number of benzene rings is 6. The summed E-state index contributed by atoms with van der Waals surface area (Å²) in [5.41, 5.74) is 15.2. The van der Waals surface area contributed by atoms with Gasteiger partial charge in [-0.2, -0.15) is 10.5 Å². The van der Waals surface area contributed by atoms with E-state index in [0.717, 1.165) is 111 Å². The van der Waals surface area contributed by atoms with Crippen LogP contribution < -0.4 is 0 Å². The van der Waals surface area contributed by atoms with Crippen LogP contribution in [0.4, 0.5) is 0 Å². The van der Waals surface area contributed by atoms with E-state index in [0.29, 0.717) is 0 Å². The first-order valence-electron chi connectivity index (χ1n) is 25.8. The van der Waals surface area contributed by atoms with Gasteiger partial charge in [-0.25, -0.2) is 16.8 Å². The third kappa shape index (κ3) is 12.5. The zero-order valence-electron chi connectivity index (χ0n) is 45.8. The third-order valence-corrected chi connectivity index (χ3v) is 16.2. The third-order valence-electron chi connectivity index (χ3n) is 14.0. The molecule has 80 heavy (non-hydrogen) atoms. The maximum absolute atomic E-state index is 12.0. The lowest BCUT2D eigenvalue weighted by Gasteiger charge is -2.19. The number of sulfone groups is 2. The number of hydrogen-bond acceptors (Lipinski definition) is 10. The molecule has 0 atom stereocenters. The number of hydrogen-bond donors (Lipinski definition) is 0. The van der Waals surface area contributed by atoms with Crippen molar-refractivity contribution >= 4 is 64.8 Å². The summed E-state index contributed by atoms with van der Waals surface area (Å²) in [6.07, 6.45) is 13.8. The van der Waals surface area contributed by atoms with E-state index in [1.807, 2.05) is 163 Å². The van der Waals surface area contributed by atoms with Gasteiger partial charge in [0.15, 0.2) is 19.7 Å². The van der Waals surface area contributed by atoms with Gasteiger partial charge in [0, 0.05) is 70.3 Å². The van der Waals surface area contributed by atoms with Crippen molar-refractivity contribution in [2.45, 2.75) is 62.2 Å². The molecule has 0 spiro atoms. The number of rotatable bonds is 12. The Morgan fingerprint density at radius 3 is 1.19 bits per heavy atom. The maximum atomic E-state index is 12.0. The Morgan fingerprint density at radius 1 is 0.463 bits per heavy atom. The van der Waals surface area contributed by atoms with Crippen LogP contribution in [-0.4, -0.2) is 49.3 Å². The monoisotopic (exact) mass is 1090 g/mol. The van der Waals surface area contributed by atoms with Crippen LogP contribution in [0.5, 0.6) is 0 Å². The lowest BCUT2D eigenvalue weighted by molar-refractivity contribution is 0.600. The summed E-state index contributed by atoms with van der Waals surface area (Å²) in [5, 5.41) is 21.6. The minimum atomic E-state index is -3.31. The van der Waals surface area contributed by atoms with E-state index in [2.05, 4.69) is 80.6 Å². The van der Waals surface area contributed by atoms with Gasteiger partial charge in [-0.05, 0) is 194 Å². The van der Waals surface area contributed by atoms with Crippen molar-refractivity contribution in [1.29, 1.82) is 10.5 Å². The van der Waals surface area contributed by atoms with E-state index in [1.165, 1.54) is 12.5 Å². The summed E-state index contributed by atoms with van der Waals surface area (Å²) < 4.78 is 48.1. The van der Waals surface area contributed by atoms with E-state index in [9.17, 15) is 27.4 Å². The van der Waals surface area contributed by atoms with E-state index in [-0.39, 0.29) is 9.79 Å². The summed E-state index contributed by atoms with van der Waals surface area (Å²) >= 11 is 0. The Kier molecular flexibility index (Phi) is 15.7. The zero-order valence-corrected chi connectivity index (χ0v) is 47.4. The topological polar surface area (TPSA) is 167 Å². The Balaban J connectivity index is 0.000000194. The summed E-state index contributed by atoms with van der Waals surface area (Å²) in [6, 6.07) is 59.0. The first-order chi connectivity index (χ1) is 38.1. The van der Waals surface area contributed by atoms with Crippen molar-refractivity contribution in [3.8, 4) is 34.4 Å². The van der Waals surface area contributed by atoms with Gasteiger partial charge in [-0.3, -0.25) is 19.9 Å². The second-order valence-electron chi connectivity index (χ2n) is 21.1. The van der Waals surface area contributed by atoms with Gasteiger partial charge in [0.25, 0.3) is 0 Å². The molecule has 0 bridgehead atoms. The van der Waals surface area contributed by atoms with Gasteiger partial charge in [0.05, 0.1) is 55.2 Å². The summed E-state index contributed by atoms with van der Waals surface area (Å²) in [6.45, 7) is 11.7. The largest absolute Gasteiger partial charge is 0.256 e. The molecule has 10 rings (SSSR count). The van der Waals surface area contributed by atoms with Crippen LogP contribution >= 0.6 is 0 Å². The maximum Gasteiger partial charge on any atom is 0.175 e. The average Bonchev–Trinajstić information content (AvgIpc) is 3.56. The molecule has 0 saturated carbocycles. The molecule has 0 amide bonds. The first kappa shape index (κ1) is 55.6. The van der Waals surface area contributed by atoms with E-state index >= 15 is 0 Å². The second kappa shape index (κ2) is 22.6. The van der Waals surface area contributed by atoms with Gasteiger partial charge in [0.1, 0.15) is 0 Å². The second-order valence-corrected chi connectivity index (χ2v) is 25.1. The van der Waals surface area contributed by atoms with Crippen LogP contribution in [0.25, 0.3) is 67.4 Å². The SMILES string of the molecule is Cc1ccc(/C(=C/c2cccc(-c3cc(C(C)(C)C#N)cc4cccnc34)c2)c2ccc(S(C)(=O)=O)cc2)nc1.Cc1ccc(/C(=C\c2cccc(-c3cc(C(C)(C)C#N)cc4cccnc34)c2)c2ccc(S(C)(=O)=O)cc2)nc1. The molecule has 0 aliphatic heterocycles. The molecule has 0 fully saturated rings. The molecule has 0 saturated heterocycles.